The highest BCUT2D eigenvalue weighted by atomic mass is 16.8. The topological polar surface area (TPSA) is 55.4 Å². The molecule has 6 heteroatoms. The first-order valence-corrected chi connectivity index (χ1v) is 11.3. The Bertz CT molecular complexity index is 669. The molecular weight excluding hydrogens is 384 g/mol. The molecule has 0 radical (unpaired) electrons. The predicted molar refractivity (Wildman–Crippen MR) is 112 cm³/mol. The van der Waals surface area contributed by atoms with E-state index < -0.39 is 6.29 Å². The van der Waals surface area contributed by atoms with E-state index in [0.717, 1.165) is 18.4 Å². The van der Waals surface area contributed by atoms with Crippen LogP contribution >= 0.6 is 0 Å². The summed E-state index contributed by atoms with van der Waals surface area (Å²) in [6, 6.07) is 10.0. The number of fused-ring (bicyclic) bond motifs is 1. The van der Waals surface area contributed by atoms with Gasteiger partial charge in [0.25, 0.3) is 0 Å². The molecule has 0 aromatic heterocycles. The number of benzene rings is 1. The quantitative estimate of drug-likeness (QED) is 0.708. The van der Waals surface area contributed by atoms with Crippen LogP contribution in [0.5, 0.6) is 0 Å². The maximum Gasteiger partial charge on any atom is 0.184 e. The van der Waals surface area contributed by atoms with Crippen LogP contribution in [0, 0.1) is 17.8 Å². The fraction of sp³-hybridized carbons (Fsp3) is 0.750. The normalized spacial score (nSPS) is 44.4. The zero-order chi connectivity index (χ0) is 21.3. The van der Waals surface area contributed by atoms with E-state index >= 15 is 0 Å². The highest BCUT2D eigenvalue weighted by molar-refractivity contribution is 5.16. The Kier molecular flexibility index (Phi) is 7.12. The minimum Gasteiger partial charge on any atom is -0.355 e. The Morgan fingerprint density at radius 1 is 1.00 bits per heavy atom. The Morgan fingerprint density at radius 3 is 2.47 bits per heavy atom. The molecule has 6 nitrogen and oxygen atoms in total. The molecule has 168 valence electrons. The Balaban J connectivity index is 1.52. The lowest BCUT2D eigenvalue weighted by Crippen LogP contribution is -2.61. The second-order valence-electron chi connectivity index (χ2n) is 9.00. The molecule has 0 N–H and O–H groups in total. The van der Waals surface area contributed by atoms with E-state index in [1.807, 2.05) is 30.3 Å². The summed E-state index contributed by atoms with van der Waals surface area (Å²) in [5.74, 6) is 1.08. The highest BCUT2D eigenvalue weighted by Gasteiger charge is 2.50. The number of hydrogen-bond donors (Lipinski definition) is 0. The van der Waals surface area contributed by atoms with E-state index in [0.29, 0.717) is 18.4 Å². The van der Waals surface area contributed by atoms with E-state index in [1.54, 1.807) is 7.11 Å². The van der Waals surface area contributed by atoms with Gasteiger partial charge in [-0.15, -0.1) is 0 Å². The molecule has 1 aromatic carbocycles. The molecule has 0 bridgehead atoms. The van der Waals surface area contributed by atoms with E-state index in [4.69, 9.17) is 28.4 Å². The van der Waals surface area contributed by atoms with Gasteiger partial charge in [0.2, 0.25) is 0 Å². The van der Waals surface area contributed by atoms with Crippen LogP contribution in [-0.4, -0.2) is 50.7 Å². The summed E-state index contributed by atoms with van der Waals surface area (Å²) in [5, 5.41) is 0. The first-order chi connectivity index (χ1) is 14.5. The zero-order valence-electron chi connectivity index (χ0n) is 18.7. The van der Waals surface area contributed by atoms with Crippen molar-refractivity contribution in [2.45, 2.75) is 83.8 Å². The van der Waals surface area contributed by atoms with Gasteiger partial charge >= 0.3 is 0 Å². The van der Waals surface area contributed by atoms with Crippen molar-refractivity contribution >= 4 is 0 Å². The van der Waals surface area contributed by atoms with Gasteiger partial charge in [-0.25, -0.2) is 0 Å². The van der Waals surface area contributed by atoms with Gasteiger partial charge in [-0.2, -0.15) is 0 Å². The summed E-state index contributed by atoms with van der Waals surface area (Å²) in [6.07, 6.45) is 0.370. The minimum atomic E-state index is -0.428. The van der Waals surface area contributed by atoms with Crippen molar-refractivity contribution in [1.29, 1.82) is 0 Å². The molecule has 4 unspecified atom stereocenters. The van der Waals surface area contributed by atoms with Gasteiger partial charge < -0.3 is 28.4 Å². The van der Waals surface area contributed by atoms with Crippen LogP contribution in [0.3, 0.4) is 0 Å². The van der Waals surface area contributed by atoms with Crippen molar-refractivity contribution in [3.8, 4) is 0 Å². The van der Waals surface area contributed by atoms with E-state index in [-0.39, 0.29) is 42.9 Å². The number of rotatable bonds is 5. The van der Waals surface area contributed by atoms with Crippen molar-refractivity contribution in [3.05, 3.63) is 35.9 Å². The van der Waals surface area contributed by atoms with Gasteiger partial charge in [0.1, 0.15) is 12.2 Å². The average molecular weight is 421 g/mol. The molecule has 4 rings (SSSR count). The van der Waals surface area contributed by atoms with Gasteiger partial charge in [0, 0.05) is 25.0 Å². The number of ether oxygens (including phenoxy) is 6. The lowest BCUT2D eigenvalue weighted by atomic mass is 9.84. The molecule has 3 heterocycles. The van der Waals surface area contributed by atoms with Crippen molar-refractivity contribution in [2.75, 3.05) is 13.7 Å². The summed E-state index contributed by atoms with van der Waals surface area (Å²) in [6.45, 7) is 9.27. The highest BCUT2D eigenvalue weighted by Crippen LogP contribution is 2.40. The summed E-state index contributed by atoms with van der Waals surface area (Å²) < 4.78 is 37.1. The van der Waals surface area contributed by atoms with Gasteiger partial charge in [-0.05, 0) is 18.3 Å². The fourth-order valence-corrected chi connectivity index (χ4v) is 4.95. The van der Waals surface area contributed by atoms with Gasteiger partial charge in [-0.1, -0.05) is 58.0 Å². The monoisotopic (exact) mass is 420 g/mol. The molecule has 0 aliphatic carbocycles. The van der Waals surface area contributed by atoms with Crippen LogP contribution < -0.4 is 0 Å². The van der Waals surface area contributed by atoms with E-state index in [1.165, 1.54) is 0 Å². The van der Waals surface area contributed by atoms with E-state index in [2.05, 4.69) is 27.7 Å². The summed E-state index contributed by atoms with van der Waals surface area (Å²) in [7, 11) is 1.67. The molecule has 0 amide bonds. The second kappa shape index (κ2) is 9.63. The molecule has 3 aliphatic rings. The molecule has 30 heavy (non-hydrogen) atoms. The first-order valence-electron chi connectivity index (χ1n) is 11.3. The summed E-state index contributed by atoms with van der Waals surface area (Å²) >= 11 is 0. The molecule has 3 saturated heterocycles. The third-order valence-corrected chi connectivity index (χ3v) is 7.03. The first kappa shape index (κ1) is 22.2. The average Bonchev–Trinajstić information content (AvgIpc) is 2.78. The SMILES string of the molecule is CCC1O[C@@H](O[C@@H]2C(C)[C@@H](OC)OC3COC(c4ccccc4)O[C@H]32)C[C@@H](C)[C@@H]1C. The largest absolute Gasteiger partial charge is 0.355 e. The van der Waals surface area contributed by atoms with Crippen LogP contribution in [0.2, 0.25) is 0 Å². The fourth-order valence-electron chi connectivity index (χ4n) is 4.95. The molecular formula is C24H36O6. The van der Waals surface area contributed by atoms with Gasteiger partial charge in [0.05, 0.1) is 18.8 Å². The number of methoxy groups -OCH3 is 1. The Labute approximate surface area is 180 Å². The lowest BCUT2D eigenvalue weighted by Gasteiger charge is -2.50. The van der Waals surface area contributed by atoms with Crippen LogP contribution in [0.1, 0.15) is 52.4 Å². The molecule has 3 aliphatic heterocycles. The van der Waals surface area contributed by atoms with Crippen LogP contribution in [0.25, 0.3) is 0 Å². The molecule has 1 aromatic rings. The van der Waals surface area contributed by atoms with Gasteiger partial charge in [0.15, 0.2) is 18.9 Å². The Morgan fingerprint density at radius 2 is 1.77 bits per heavy atom. The molecule has 0 spiro atoms. The van der Waals surface area contributed by atoms with Crippen LogP contribution in [-0.2, 0) is 28.4 Å². The zero-order valence-corrected chi connectivity index (χ0v) is 18.7. The molecule has 10 atom stereocenters. The standard InChI is InChI=1S/C24H36O6/c1-6-18-15(3)14(2)12-20(27-18)29-21-16(4)23(25-5)28-19-13-26-24(30-22(19)21)17-10-8-7-9-11-17/h7-11,14-16,18-24H,6,12-13H2,1-5H3/t14-,15+,16?,18?,19?,20+,21-,22-,23+,24?/m1/s1. The molecule has 3 fully saturated rings. The third-order valence-electron chi connectivity index (χ3n) is 7.03. The maximum absolute atomic E-state index is 6.62. The van der Waals surface area contributed by atoms with Crippen molar-refractivity contribution < 1.29 is 28.4 Å². The van der Waals surface area contributed by atoms with Crippen LogP contribution in [0.15, 0.2) is 30.3 Å². The maximum atomic E-state index is 6.62. The Hall–Kier alpha value is -1.02. The van der Waals surface area contributed by atoms with Crippen molar-refractivity contribution in [1.82, 2.24) is 0 Å². The summed E-state index contributed by atoms with van der Waals surface area (Å²) in [4.78, 5) is 0. The van der Waals surface area contributed by atoms with Gasteiger partial charge in [-0.3, -0.25) is 0 Å². The minimum absolute atomic E-state index is 0.00380. The van der Waals surface area contributed by atoms with Crippen molar-refractivity contribution in [3.63, 3.8) is 0 Å². The smallest absolute Gasteiger partial charge is 0.184 e. The van der Waals surface area contributed by atoms with Crippen LogP contribution in [0.4, 0.5) is 0 Å². The second-order valence-corrected chi connectivity index (χ2v) is 9.00. The lowest BCUT2D eigenvalue weighted by molar-refractivity contribution is -0.371. The van der Waals surface area contributed by atoms with E-state index in [9.17, 15) is 0 Å². The number of hydrogen-bond acceptors (Lipinski definition) is 6. The summed E-state index contributed by atoms with van der Waals surface area (Å²) in [5.41, 5.74) is 0.999. The molecule has 0 saturated carbocycles. The van der Waals surface area contributed by atoms with Crippen molar-refractivity contribution in [2.24, 2.45) is 17.8 Å². The third kappa shape index (κ3) is 4.45. The predicted octanol–water partition coefficient (Wildman–Crippen LogP) is 4.29.